The monoisotopic (exact) mass is 579 g/mol. The highest BCUT2D eigenvalue weighted by molar-refractivity contribution is 5.88. The minimum absolute atomic E-state index is 0.0344. The van der Waals surface area contributed by atoms with Crippen molar-refractivity contribution >= 4 is 11.0 Å². The van der Waals surface area contributed by atoms with E-state index in [1.165, 1.54) is 43.3 Å². The lowest BCUT2D eigenvalue weighted by atomic mass is 9.97. The van der Waals surface area contributed by atoms with E-state index >= 15 is 0 Å². The number of aliphatic hydroxyl groups excluding tert-OH is 6. The third-order valence-corrected chi connectivity index (χ3v) is 7.11. The van der Waals surface area contributed by atoms with Crippen LogP contribution >= 0.6 is 0 Å². The van der Waals surface area contributed by atoms with Gasteiger partial charge in [0, 0.05) is 12.1 Å². The molecule has 222 valence electrons. The lowest BCUT2D eigenvalue weighted by Gasteiger charge is -2.45. The lowest BCUT2D eigenvalue weighted by molar-refractivity contribution is -0.354. The normalized spacial score (nSPS) is 34.0. The van der Waals surface area contributed by atoms with Gasteiger partial charge in [-0.2, -0.15) is 0 Å². The molecule has 2 fully saturated rings. The summed E-state index contributed by atoms with van der Waals surface area (Å²) in [6, 6.07) is 9.46. The van der Waals surface area contributed by atoms with E-state index in [1.807, 2.05) is 0 Å². The number of aromatic hydroxyl groups is 3. The quantitative estimate of drug-likeness (QED) is 0.168. The van der Waals surface area contributed by atoms with Gasteiger partial charge in [0.15, 0.2) is 12.4 Å². The zero-order valence-corrected chi connectivity index (χ0v) is 21.6. The molecule has 14 nitrogen and oxygen atoms in total. The van der Waals surface area contributed by atoms with Gasteiger partial charge < -0.3 is 64.9 Å². The van der Waals surface area contributed by atoms with Crippen molar-refractivity contribution in [2.45, 2.75) is 68.3 Å². The first-order chi connectivity index (χ1) is 19.5. The number of phenols is 3. The fraction of sp³-hybridized carbons (Fsp3) is 0.444. The second-order valence-corrected chi connectivity index (χ2v) is 9.97. The van der Waals surface area contributed by atoms with E-state index in [2.05, 4.69) is 0 Å². The van der Waals surface area contributed by atoms with Crippen LogP contribution in [0.2, 0.25) is 0 Å². The highest BCUT2D eigenvalue weighted by atomic mass is 16.8. The van der Waals surface area contributed by atoms with Crippen LogP contribution < -0.4 is 4.74 Å². The third-order valence-electron chi connectivity index (χ3n) is 7.11. The van der Waals surface area contributed by atoms with Gasteiger partial charge in [-0.25, -0.2) is 4.42 Å². The predicted octanol–water partition coefficient (Wildman–Crippen LogP) is -0.472. The molecule has 0 radical (unpaired) electrons. The maximum Gasteiger partial charge on any atom is 0.402 e. The summed E-state index contributed by atoms with van der Waals surface area (Å²) in [5.41, 5.74) is 0.450. The summed E-state index contributed by atoms with van der Waals surface area (Å²) in [5.74, 6) is -0.716. The van der Waals surface area contributed by atoms with E-state index in [0.29, 0.717) is 5.56 Å². The zero-order chi connectivity index (χ0) is 29.6. The molecule has 0 bridgehead atoms. The van der Waals surface area contributed by atoms with Gasteiger partial charge in [0.2, 0.25) is 12.0 Å². The summed E-state index contributed by atoms with van der Waals surface area (Å²) in [5, 5.41) is 92.2. The lowest BCUT2D eigenvalue weighted by Crippen LogP contribution is -2.64. The molecule has 0 saturated carbocycles. The highest BCUT2D eigenvalue weighted by Gasteiger charge is 2.51. The van der Waals surface area contributed by atoms with E-state index in [0.717, 1.165) is 6.07 Å². The smallest absolute Gasteiger partial charge is 0.402 e. The fourth-order valence-corrected chi connectivity index (χ4v) is 4.79. The van der Waals surface area contributed by atoms with Gasteiger partial charge in [0.05, 0.1) is 24.3 Å². The first kappa shape index (κ1) is 29.2. The molecule has 5 rings (SSSR count). The molecule has 0 amide bonds. The Kier molecular flexibility index (Phi) is 8.20. The molecule has 9 N–H and O–H groups in total. The molecule has 0 aliphatic carbocycles. The van der Waals surface area contributed by atoms with Gasteiger partial charge in [-0.15, -0.1) is 0 Å². The summed E-state index contributed by atoms with van der Waals surface area (Å²) in [4.78, 5) is 0. The van der Waals surface area contributed by atoms with Crippen LogP contribution in [0.15, 0.2) is 46.9 Å². The molecule has 2 saturated heterocycles. The maximum atomic E-state index is 10.9. The average Bonchev–Trinajstić information content (AvgIpc) is 2.94. The summed E-state index contributed by atoms with van der Waals surface area (Å²) in [6.45, 7) is 0.710. The zero-order valence-electron chi connectivity index (χ0n) is 21.6. The number of phenolic OH excluding ortho intramolecular Hbond substituents is 3. The van der Waals surface area contributed by atoms with Crippen LogP contribution in [0.4, 0.5) is 0 Å². The van der Waals surface area contributed by atoms with Crippen molar-refractivity contribution < 1.29 is 69.3 Å². The summed E-state index contributed by atoms with van der Waals surface area (Å²) < 4.78 is 29.0. The second-order valence-electron chi connectivity index (χ2n) is 9.97. The Labute approximate surface area is 232 Å². The summed E-state index contributed by atoms with van der Waals surface area (Å²) in [7, 11) is 0. The molecule has 14 heteroatoms. The molecule has 3 aromatic rings. The van der Waals surface area contributed by atoms with E-state index in [-0.39, 0.29) is 39.7 Å². The number of rotatable bonds is 6. The van der Waals surface area contributed by atoms with Crippen LogP contribution in [0.5, 0.6) is 23.0 Å². The Hall–Kier alpha value is -3.31. The first-order valence-corrected chi connectivity index (χ1v) is 12.7. The van der Waals surface area contributed by atoms with Gasteiger partial charge >= 0.3 is 11.3 Å². The maximum absolute atomic E-state index is 10.9. The minimum Gasteiger partial charge on any atom is -0.508 e. The third kappa shape index (κ3) is 5.61. The number of fused-ring (bicyclic) bond motifs is 1. The SMILES string of the molecule is C[C@H]1O[C@H](O[C@H]2[C@H](Oc3cc4c(O)cc(O)cc4[o+]c3-c3ccc(O)cc3)O[C@H](CO)[C@@H](O)[C@@H]2O)[C@@H](O)[C@@H](O)[C@@H]1O. The topological polar surface area (TPSA) is 230 Å². The van der Waals surface area contributed by atoms with Crippen molar-refractivity contribution in [3.05, 3.63) is 42.5 Å². The molecule has 2 aliphatic heterocycles. The summed E-state index contributed by atoms with van der Waals surface area (Å²) >= 11 is 0. The minimum atomic E-state index is -1.76. The Morgan fingerprint density at radius 2 is 1.49 bits per heavy atom. The Balaban J connectivity index is 1.55. The van der Waals surface area contributed by atoms with E-state index in [4.69, 9.17) is 23.4 Å². The Morgan fingerprint density at radius 3 is 2.17 bits per heavy atom. The molecule has 2 aromatic carbocycles. The Morgan fingerprint density at radius 1 is 0.780 bits per heavy atom. The van der Waals surface area contributed by atoms with Crippen molar-refractivity contribution in [2.24, 2.45) is 0 Å². The van der Waals surface area contributed by atoms with Crippen LogP contribution in [0.3, 0.4) is 0 Å². The molecule has 0 spiro atoms. The van der Waals surface area contributed by atoms with Gasteiger partial charge in [0.1, 0.15) is 59.3 Å². The average molecular weight is 580 g/mol. The van der Waals surface area contributed by atoms with Crippen LogP contribution in [0.1, 0.15) is 6.92 Å². The largest absolute Gasteiger partial charge is 0.508 e. The summed E-state index contributed by atoms with van der Waals surface area (Å²) in [6.07, 6.45) is -15.4. The van der Waals surface area contributed by atoms with Gasteiger partial charge in [0.25, 0.3) is 0 Å². The number of aliphatic hydroxyl groups is 6. The van der Waals surface area contributed by atoms with Crippen molar-refractivity contribution in [1.29, 1.82) is 0 Å². The molecule has 0 unspecified atom stereocenters. The van der Waals surface area contributed by atoms with Gasteiger partial charge in [-0.3, -0.25) is 0 Å². The van der Waals surface area contributed by atoms with Gasteiger partial charge in [-0.05, 0) is 31.2 Å². The predicted molar refractivity (Wildman–Crippen MR) is 137 cm³/mol. The Bertz CT molecular complexity index is 1370. The number of benzene rings is 2. The van der Waals surface area contributed by atoms with Crippen molar-refractivity contribution in [3.63, 3.8) is 0 Å². The molecule has 2 aliphatic rings. The fourth-order valence-electron chi connectivity index (χ4n) is 4.79. The van der Waals surface area contributed by atoms with Crippen LogP contribution in [-0.2, 0) is 14.2 Å². The number of ether oxygens (including phenoxy) is 4. The van der Waals surface area contributed by atoms with Crippen molar-refractivity contribution in [2.75, 3.05) is 6.61 Å². The molecule has 41 heavy (non-hydrogen) atoms. The van der Waals surface area contributed by atoms with E-state index < -0.39 is 68.0 Å². The number of hydrogen-bond donors (Lipinski definition) is 9. The van der Waals surface area contributed by atoms with Crippen LogP contribution in [-0.4, -0.2) is 114 Å². The number of hydrogen-bond acceptors (Lipinski definition) is 13. The molecular formula is C27H31O14+. The van der Waals surface area contributed by atoms with Crippen LogP contribution in [0.25, 0.3) is 22.3 Å². The van der Waals surface area contributed by atoms with Crippen LogP contribution in [0, 0.1) is 0 Å². The van der Waals surface area contributed by atoms with Crippen molar-refractivity contribution in [3.8, 4) is 34.3 Å². The van der Waals surface area contributed by atoms with E-state index in [9.17, 15) is 46.0 Å². The first-order valence-electron chi connectivity index (χ1n) is 12.7. The molecule has 1 aromatic heterocycles. The molecular weight excluding hydrogens is 548 g/mol. The second kappa shape index (κ2) is 11.5. The highest BCUT2D eigenvalue weighted by Crippen LogP contribution is 2.41. The van der Waals surface area contributed by atoms with Crippen molar-refractivity contribution in [1.82, 2.24) is 0 Å². The molecule has 10 atom stereocenters. The standard InChI is InChI=1S/C27H30O14/c1-10-19(32)21(34)23(36)26(37-10)41-25-22(35)20(33)18(9-28)40-27(25)39-17-8-14-15(31)6-13(30)7-16(14)38-24(17)11-2-4-12(29)5-3-11/h2-8,10,18-23,25-28,32-36H,9H2,1H3,(H2-,29,30,31)/p+1/t10-,18-,19-,20-,21+,22+,23+,25-,26-,27-/m1/s1. The van der Waals surface area contributed by atoms with E-state index in [1.54, 1.807) is 0 Å². The molecule has 3 heterocycles. The van der Waals surface area contributed by atoms with Gasteiger partial charge in [-0.1, -0.05) is 0 Å².